The van der Waals surface area contributed by atoms with Crippen LogP contribution in [0, 0.1) is 0 Å². The van der Waals surface area contributed by atoms with Crippen molar-refractivity contribution in [2.45, 2.75) is 44.6 Å². The number of benzene rings is 1. The summed E-state index contributed by atoms with van der Waals surface area (Å²) in [6.07, 6.45) is 5.34. The van der Waals surface area contributed by atoms with Gasteiger partial charge in [-0.25, -0.2) is 4.98 Å². The number of hydrogen-bond donors (Lipinski definition) is 0. The Morgan fingerprint density at radius 2 is 2.20 bits per heavy atom. The summed E-state index contributed by atoms with van der Waals surface area (Å²) in [6.45, 7) is 0.837. The molecule has 2 aromatic rings. The topological polar surface area (TPSA) is 52.3 Å². The van der Waals surface area contributed by atoms with Gasteiger partial charge in [-0.05, 0) is 37.8 Å². The molecular weight excluding hydrogens is 254 g/mol. The molecule has 1 aromatic carbocycles. The molecule has 3 rings (SSSR count). The van der Waals surface area contributed by atoms with Gasteiger partial charge >= 0.3 is 0 Å². The van der Waals surface area contributed by atoms with Crippen molar-refractivity contribution in [2.24, 2.45) is 0 Å². The number of ether oxygens (including phenoxy) is 1. The first kappa shape index (κ1) is 13.3. The van der Waals surface area contributed by atoms with Crippen LogP contribution in [0.25, 0.3) is 11.1 Å². The van der Waals surface area contributed by atoms with E-state index in [1.165, 1.54) is 6.42 Å². The van der Waals surface area contributed by atoms with E-state index in [2.05, 4.69) is 4.98 Å². The molecule has 1 atom stereocenters. The van der Waals surface area contributed by atoms with E-state index in [0.29, 0.717) is 12.3 Å². The van der Waals surface area contributed by atoms with Crippen molar-refractivity contribution in [3.63, 3.8) is 0 Å². The molecule has 4 nitrogen and oxygen atoms in total. The fraction of sp³-hybridized carbons (Fsp3) is 0.500. The van der Waals surface area contributed by atoms with Crippen molar-refractivity contribution in [3.05, 3.63) is 30.2 Å². The fourth-order valence-electron chi connectivity index (χ4n) is 2.61. The smallest absolute Gasteiger partial charge is 0.202 e. The van der Waals surface area contributed by atoms with Crippen molar-refractivity contribution < 1.29 is 13.9 Å². The zero-order valence-corrected chi connectivity index (χ0v) is 11.5. The van der Waals surface area contributed by atoms with Gasteiger partial charge in [0.1, 0.15) is 11.3 Å². The summed E-state index contributed by atoms with van der Waals surface area (Å²) in [5.74, 6) is 0.687. The quantitative estimate of drug-likeness (QED) is 0.838. The van der Waals surface area contributed by atoms with Crippen molar-refractivity contribution in [1.82, 2.24) is 4.98 Å². The molecule has 1 fully saturated rings. The number of hydrogen-bond acceptors (Lipinski definition) is 4. The molecule has 2 heterocycles. The second-order valence-electron chi connectivity index (χ2n) is 5.32. The number of Topliss-reactive ketones (excluding diaryl/α,β-unsaturated/α-hetero) is 1. The van der Waals surface area contributed by atoms with Gasteiger partial charge < -0.3 is 9.15 Å². The molecule has 0 aliphatic carbocycles. The van der Waals surface area contributed by atoms with E-state index in [-0.39, 0.29) is 18.3 Å². The Morgan fingerprint density at radius 3 is 3.00 bits per heavy atom. The van der Waals surface area contributed by atoms with Crippen LogP contribution in [0.5, 0.6) is 0 Å². The zero-order valence-electron chi connectivity index (χ0n) is 11.5. The van der Waals surface area contributed by atoms with Gasteiger partial charge in [-0.2, -0.15) is 0 Å². The molecule has 0 bridgehead atoms. The standard InChI is InChI=1S/C16H19NO3/c18-12(8-9-13-5-3-4-10-19-13)11-16-17-14-6-1-2-7-15(14)20-16/h1-2,6-7,13H,3-5,8-11H2. The highest BCUT2D eigenvalue weighted by molar-refractivity contribution is 5.81. The molecule has 1 unspecified atom stereocenters. The third-order valence-corrected chi connectivity index (χ3v) is 3.71. The Bertz CT molecular complexity index is 551. The molecule has 1 aliphatic heterocycles. The lowest BCUT2D eigenvalue weighted by Gasteiger charge is -2.21. The Labute approximate surface area is 118 Å². The number of nitrogens with zero attached hydrogens (tertiary/aromatic N) is 1. The summed E-state index contributed by atoms with van der Waals surface area (Å²) < 4.78 is 11.2. The minimum absolute atomic E-state index is 0.172. The fourth-order valence-corrected chi connectivity index (χ4v) is 2.61. The van der Waals surface area contributed by atoms with E-state index in [0.717, 1.165) is 37.0 Å². The zero-order chi connectivity index (χ0) is 13.8. The highest BCUT2D eigenvalue weighted by Gasteiger charge is 2.16. The van der Waals surface area contributed by atoms with Crippen LogP contribution in [0.4, 0.5) is 0 Å². The molecular formula is C16H19NO3. The molecule has 1 aliphatic rings. The van der Waals surface area contributed by atoms with Crippen molar-refractivity contribution in [2.75, 3.05) is 6.61 Å². The minimum Gasteiger partial charge on any atom is -0.440 e. The number of fused-ring (bicyclic) bond motifs is 1. The van der Waals surface area contributed by atoms with Gasteiger partial charge in [0.05, 0.1) is 12.5 Å². The van der Waals surface area contributed by atoms with Gasteiger partial charge in [0.25, 0.3) is 0 Å². The third kappa shape index (κ3) is 3.25. The van der Waals surface area contributed by atoms with Crippen LogP contribution < -0.4 is 0 Å². The van der Waals surface area contributed by atoms with E-state index >= 15 is 0 Å². The molecule has 106 valence electrons. The first-order chi connectivity index (χ1) is 9.81. The van der Waals surface area contributed by atoms with Crippen LogP contribution in [0.3, 0.4) is 0 Å². The molecule has 1 aromatic heterocycles. The summed E-state index contributed by atoms with van der Waals surface area (Å²) >= 11 is 0. The monoisotopic (exact) mass is 273 g/mol. The first-order valence-electron chi connectivity index (χ1n) is 7.29. The van der Waals surface area contributed by atoms with Gasteiger partial charge in [-0.1, -0.05) is 12.1 Å². The van der Waals surface area contributed by atoms with E-state index in [9.17, 15) is 4.79 Å². The maximum Gasteiger partial charge on any atom is 0.202 e. The van der Waals surface area contributed by atoms with Crippen molar-refractivity contribution in [3.8, 4) is 0 Å². The lowest BCUT2D eigenvalue weighted by atomic mass is 10.0. The van der Waals surface area contributed by atoms with Gasteiger partial charge in [-0.15, -0.1) is 0 Å². The van der Waals surface area contributed by atoms with Crippen LogP contribution in [0.15, 0.2) is 28.7 Å². The average molecular weight is 273 g/mol. The first-order valence-corrected chi connectivity index (χ1v) is 7.29. The number of carbonyl (C=O) groups excluding carboxylic acids is 1. The van der Waals surface area contributed by atoms with Crippen LogP contribution >= 0.6 is 0 Å². The van der Waals surface area contributed by atoms with E-state index in [4.69, 9.17) is 9.15 Å². The highest BCUT2D eigenvalue weighted by Crippen LogP contribution is 2.19. The largest absolute Gasteiger partial charge is 0.440 e. The number of rotatable bonds is 5. The molecule has 0 spiro atoms. The Hall–Kier alpha value is -1.68. The highest BCUT2D eigenvalue weighted by atomic mass is 16.5. The van der Waals surface area contributed by atoms with E-state index in [1.54, 1.807) is 0 Å². The van der Waals surface area contributed by atoms with E-state index < -0.39 is 0 Å². The molecule has 4 heteroatoms. The van der Waals surface area contributed by atoms with Crippen molar-refractivity contribution >= 4 is 16.9 Å². The maximum atomic E-state index is 12.0. The van der Waals surface area contributed by atoms with Gasteiger partial charge in [0.2, 0.25) is 5.89 Å². The Kier molecular flexibility index (Phi) is 4.11. The van der Waals surface area contributed by atoms with Gasteiger partial charge in [-0.3, -0.25) is 4.79 Å². The number of ketones is 1. The lowest BCUT2D eigenvalue weighted by Crippen LogP contribution is -2.20. The minimum atomic E-state index is 0.172. The molecule has 1 saturated heterocycles. The molecule has 0 N–H and O–H groups in total. The average Bonchev–Trinajstić information content (AvgIpc) is 2.88. The van der Waals surface area contributed by atoms with Crippen LogP contribution in [-0.4, -0.2) is 23.5 Å². The predicted octanol–water partition coefficient (Wildman–Crippen LogP) is 3.29. The summed E-state index contributed by atoms with van der Waals surface area (Å²) in [7, 11) is 0. The number of aromatic nitrogens is 1. The summed E-state index contributed by atoms with van der Waals surface area (Å²) in [6, 6.07) is 7.57. The van der Waals surface area contributed by atoms with Crippen molar-refractivity contribution in [1.29, 1.82) is 0 Å². The number of para-hydroxylation sites is 2. The molecule has 0 amide bonds. The third-order valence-electron chi connectivity index (χ3n) is 3.71. The number of oxazole rings is 1. The Morgan fingerprint density at radius 1 is 1.30 bits per heavy atom. The molecule has 0 radical (unpaired) electrons. The normalized spacial score (nSPS) is 19.3. The lowest BCUT2D eigenvalue weighted by molar-refractivity contribution is -0.119. The van der Waals surface area contributed by atoms with E-state index in [1.807, 2.05) is 24.3 Å². The van der Waals surface area contributed by atoms with Gasteiger partial charge in [0.15, 0.2) is 5.58 Å². The van der Waals surface area contributed by atoms with Crippen LogP contribution in [-0.2, 0) is 16.0 Å². The maximum absolute atomic E-state index is 12.0. The second kappa shape index (κ2) is 6.18. The summed E-state index contributed by atoms with van der Waals surface area (Å²) in [4.78, 5) is 16.3. The number of carbonyl (C=O) groups is 1. The Balaban J connectivity index is 1.52. The predicted molar refractivity (Wildman–Crippen MR) is 75.5 cm³/mol. The molecule has 20 heavy (non-hydrogen) atoms. The van der Waals surface area contributed by atoms with Crippen LogP contribution in [0.1, 0.15) is 38.0 Å². The van der Waals surface area contributed by atoms with Crippen LogP contribution in [0.2, 0.25) is 0 Å². The molecule has 0 saturated carbocycles. The second-order valence-corrected chi connectivity index (χ2v) is 5.32. The summed E-state index contributed by atoms with van der Waals surface area (Å²) in [5.41, 5.74) is 1.55. The summed E-state index contributed by atoms with van der Waals surface area (Å²) in [5, 5.41) is 0. The SMILES string of the molecule is O=C(CCC1CCCCO1)Cc1nc2ccccc2o1. The van der Waals surface area contributed by atoms with Gasteiger partial charge in [0, 0.05) is 13.0 Å².